The van der Waals surface area contributed by atoms with Gasteiger partial charge in [0.05, 0.1) is 24.5 Å². The molecule has 0 bridgehead atoms. The Morgan fingerprint density at radius 3 is 3.50 bits per heavy atom. The lowest BCUT2D eigenvalue weighted by atomic mass is 10.5. The quantitative estimate of drug-likeness (QED) is 0.662. The highest BCUT2D eigenvalue weighted by Crippen LogP contribution is 2.18. The van der Waals surface area contributed by atoms with Gasteiger partial charge < -0.3 is 4.74 Å². The fraction of sp³-hybridized carbons (Fsp3) is 0.167. The molecule has 0 aliphatic carbocycles. The highest BCUT2D eigenvalue weighted by molar-refractivity contribution is 9.10. The van der Waals surface area contributed by atoms with Gasteiger partial charge in [-0.25, -0.2) is 4.98 Å². The topological polar surface area (TPSA) is 22.1 Å². The van der Waals surface area contributed by atoms with Gasteiger partial charge in [-0.05, 0) is 15.9 Å². The summed E-state index contributed by atoms with van der Waals surface area (Å²) in [7, 11) is -2.80. The van der Waals surface area contributed by atoms with Crippen molar-refractivity contribution in [3.8, 4) is 5.75 Å². The molecule has 0 fully saturated rings. The van der Waals surface area contributed by atoms with Crippen LogP contribution in [0.2, 0.25) is 0 Å². The van der Waals surface area contributed by atoms with Gasteiger partial charge in [0.15, 0.2) is 0 Å². The second-order valence-corrected chi connectivity index (χ2v) is 2.18. The first kappa shape index (κ1) is 3.17. The predicted molar refractivity (Wildman–Crippen MR) is 38.4 cm³/mol. The predicted octanol–water partition coefficient (Wildman–Crippen LogP) is 1.99. The van der Waals surface area contributed by atoms with Crippen molar-refractivity contribution in [2.45, 2.75) is 0 Å². The molecular formula is C6H5BrFNO. The van der Waals surface area contributed by atoms with E-state index in [0.717, 1.165) is 0 Å². The molecule has 0 saturated heterocycles. The highest BCUT2D eigenvalue weighted by atomic mass is 79.9. The monoisotopic (exact) mass is 210 g/mol. The summed E-state index contributed by atoms with van der Waals surface area (Å²) < 4.78 is 51.8. The van der Waals surface area contributed by atoms with Gasteiger partial charge in [0.25, 0.3) is 0 Å². The third-order valence-electron chi connectivity index (χ3n) is 0.762. The van der Waals surface area contributed by atoms with E-state index in [0.29, 0.717) is 0 Å². The molecule has 54 valence electrons. The summed E-state index contributed by atoms with van der Waals surface area (Å²) in [6.07, 6.45) is -0.725. The van der Waals surface area contributed by atoms with Gasteiger partial charge in [0.1, 0.15) is 5.75 Å². The van der Waals surface area contributed by atoms with Gasteiger partial charge in [-0.3, -0.25) is 0 Å². The first-order chi connectivity index (χ1) is 6.72. The van der Waals surface area contributed by atoms with E-state index in [4.69, 9.17) is 6.85 Å². The van der Waals surface area contributed by atoms with Crippen LogP contribution in [0.5, 0.6) is 5.75 Å². The minimum atomic E-state index is -2.80. The zero-order valence-electron chi connectivity index (χ0n) is 9.61. The second kappa shape index (κ2) is 2.96. The van der Waals surface area contributed by atoms with Gasteiger partial charge in [0.2, 0.25) is 5.95 Å². The number of aromatic nitrogens is 1. The van der Waals surface area contributed by atoms with Crippen LogP contribution in [-0.2, 0) is 0 Å². The average Bonchev–Trinajstić information content (AvgIpc) is 2.07. The van der Waals surface area contributed by atoms with E-state index in [1.807, 2.05) is 0 Å². The molecule has 0 saturated carbocycles. The molecule has 0 atom stereocenters. The summed E-state index contributed by atoms with van der Waals surface area (Å²) in [5.74, 6) is -1.63. The molecule has 10 heavy (non-hydrogen) atoms. The van der Waals surface area contributed by atoms with Crippen LogP contribution in [0.1, 0.15) is 6.85 Å². The summed E-state index contributed by atoms with van der Waals surface area (Å²) in [5, 5.41) is 0. The highest BCUT2D eigenvalue weighted by Gasteiger charge is 2.00. The number of pyridine rings is 1. The molecule has 0 aliphatic heterocycles. The summed E-state index contributed by atoms with van der Waals surface area (Å²) in [6.45, 7) is 0. The van der Waals surface area contributed by atoms with E-state index in [-0.39, 0.29) is 4.47 Å². The Morgan fingerprint density at radius 2 is 2.80 bits per heavy atom. The second-order valence-electron chi connectivity index (χ2n) is 1.38. The van der Waals surface area contributed by atoms with Crippen LogP contribution in [-0.4, -0.2) is 12.0 Å². The van der Waals surface area contributed by atoms with Gasteiger partial charge >= 0.3 is 0 Å². The van der Waals surface area contributed by atoms with Crippen LogP contribution in [0, 0.1) is 5.95 Å². The van der Waals surface area contributed by atoms with Crippen molar-refractivity contribution in [1.29, 1.82) is 0 Å². The summed E-state index contributed by atoms with van der Waals surface area (Å²) >= 11 is 2.70. The summed E-state index contributed by atoms with van der Waals surface area (Å²) in [4.78, 5) is 3.08. The van der Waals surface area contributed by atoms with E-state index >= 15 is 0 Å². The molecule has 1 heterocycles. The lowest BCUT2D eigenvalue weighted by molar-refractivity contribution is 0.409. The fourth-order valence-corrected chi connectivity index (χ4v) is 0.645. The molecular weight excluding hydrogens is 201 g/mol. The van der Waals surface area contributed by atoms with E-state index in [2.05, 4.69) is 25.7 Å². The van der Waals surface area contributed by atoms with Crippen LogP contribution in [0.3, 0.4) is 0 Å². The molecule has 2 nitrogen and oxygen atoms in total. The zero-order valence-corrected chi connectivity index (χ0v) is 6.20. The molecule has 1 aromatic heterocycles. The maximum atomic E-state index is 12.9. The number of hydrogen-bond acceptors (Lipinski definition) is 2. The number of methoxy groups -OCH3 is 1. The SMILES string of the molecule is [2H]c1nc(F)c(Br)c([2H])c1OC([2H])([2H])[2H]. The molecule has 1 aromatic rings. The Balaban J connectivity index is 3.24. The Hall–Kier alpha value is -0.640. The molecule has 0 aliphatic rings. The normalized spacial score (nSPS) is 18.0. The van der Waals surface area contributed by atoms with E-state index < -0.39 is 31.0 Å². The Morgan fingerprint density at radius 1 is 2.00 bits per heavy atom. The van der Waals surface area contributed by atoms with Gasteiger partial charge in [0, 0.05) is 6.04 Å². The zero-order chi connectivity index (χ0) is 11.8. The minimum absolute atomic E-state index is 0.335. The smallest absolute Gasteiger partial charge is 0.227 e. The number of rotatable bonds is 1. The van der Waals surface area contributed by atoms with Crippen molar-refractivity contribution >= 4 is 15.9 Å². The van der Waals surface area contributed by atoms with Crippen LogP contribution in [0.4, 0.5) is 4.39 Å². The third-order valence-corrected chi connectivity index (χ3v) is 1.29. The van der Waals surface area contributed by atoms with Crippen LogP contribution < -0.4 is 4.74 Å². The molecule has 0 N–H and O–H groups in total. The number of nitrogens with zero attached hydrogens (tertiary/aromatic N) is 1. The molecule has 4 heteroatoms. The molecule has 0 spiro atoms. The standard InChI is InChI=1S/C6H5BrFNO/c1-10-4-2-5(7)6(8)9-3-4/h2-3H,1H3/i1D3,2D,3D. The van der Waals surface area contributed by atoms with Crippen molar-refractivity contribution < 1.29 is 16.0 Å². The van der Waals surface area contributed by atoms with Crippen molar-refractivity contribution in [3.05, 3.63) is 22.6 Å². The minimum Gasteiger partial charge on any atom is -0.495 e. The van der Waals surface area contributed by atoms with Crippen molar-refractivity contribution in [2.75, 3.05) is 7.04 Å². The fourth-order valence-electron chi connectivity index (χ4n) is 0.376. The number of hydrogen-bond donors (Lipinski definition) is 0. The summed E-state index contributed by atoms with van der Waals surface area (Å²) in [5.41, 5.74) is 0. The van der Waals surface area contributed by atoms with Crippen molar-refractivity contribution in [3.63, 3.8) is 0 Å². The van der Waals surface area contributed by atoms with Gasteiger partial charge in [-0.1, -0.05) is 0 Å². The van der Waals surface area contributed by atoms with E-state index in [1.54, 1.807) is 0 Å². The Kier molecular flexibility index (Phi) is 0.940. The van der Waals surface area contributed by atoms with Gasteiger partial charge in [-0.15, -0.1) is 0 Å². The van der Waals surface area contributed by atoms with Gasteiger partial charge in [-0.2, -0.15) is 4.39 Å². The summed E-state index contributed by atoms with van der Waals surface area (Å²) in [6, 6.07) is -0.552. The first-order valence-corrected chi connectivity index (χ1v) is 3.03. The van der Waals surface area contributed by atoms with Crippen molar-refractivity contribution in [2.24, 2.45) is 0 Å². The Labute approximate surface area is 73.2 Å². The maximum Gasteiger partial charge on any atom is 0.227 e. The lowest BCUT2D eigenvalue weighted by Crippen LogP contribution is -1.87. The first-order valence-electron chi connectivity index (χ1n) is 4.73. The number of ether oxygens (including phenoxy) is 1. The number of halogens is 2. The van der Waals surface area contributed by atoms with E-state index in [1.165, 1.54) is 0 Å². The average molecular weight is 211 g/mol. The molecule has 0 unspecified atom stereocenters. The molecule has 1 rings (SSSR count). The van der Waals surface area contributed by atoms with Crippen LogP contribution in [0.25, 0.3) is 0 Å². The van der Waals surface area contributed by atoms with Crippen LogP contribution in [0.15, 0.2) is 16.7 Å². The van der Waals surface area contributed by atoms with Crippen LogP contribution >= 0.6 is 15.9 Å². The van der Waals surface area contributed by atoms with E-state index in [9.17, 15) is 4.39 Å². The molecule has 0 radical (unpaired) electrons. The Bertz CT molecular complexity index is 396. The maximum absolute atomic E-state index is 12.9. The van der Waals surface area contributed by atoms with Crippen molar-refractivity contribution in [1.82, 2.24) is 4.98 Å². The third kappa shape index (κ3) is 1.44. The molecule has 0 amide bonds. The largest absolute Gasteiger partial charge is 0.495 e. The lowest BCUT2D eigenvalue weighted by Gasteiger charge is -1.98. The molecule has 0 aromatic carbocycles.